The number of amides is 1. The van der Waals surface area contributed by atoms with Crippen LogP contribution in [0.1, 0.15) is 26.4 Å². The molecule has 1 amide bonds. The third-order valence-corrected chi connectivity index (χ3v) is 5.12. The number of primary amides is 1. The number of ether oxygens (including phenoxy) is 2. The average molecular weight is 447 g/mol. The number of methoxy groups -OCH3 is 1. The first-order valence-corrected chi connectivity index (χ1v) is 9.50. The summed E-state index contributed by atoms with van der Waals surface area (Å²) < 4.78 is 11.6. The van der Waals surface area contributed by atoms with Gasteiger partial charge in [0.15, 0.2) is 0 Å². The van der Waals surface area contributed by atoms with E-state index < -0.39 is 11.9 Å². The second kappa shape index (κ2) is 8.32. The van der Waals surface area contributed by atoms with Crippen LogP contribution in [-0.2, 0) is 11.3 Å². The number of rotatable bonds is 6. The van der Waals surface area contributed by atoms with Crippen molar-refractivity contribution in [3.63, 3.8) is 0 Å². The molecule has 3 aromatic rings. The van der Waals surface area contributed by atoms with Crippen molar-refractivity contribution in [3.05, 3.63) is 69.1 Å². The number of benzene rings is 2. The van der Waals surface area contributed by atoms with Crippen molar-refractivity contribution < 1.29 is 19.1 Å². The van der Waals surface area contributed by atoms with Crippen molar-refractivity contribution in [1.29, 1.82) is 0 Å². The Bertz CT molecular complexity index is 986. The zero-order chi connectivity index (χ0) is 19.4. The van der Waals surface area contributed by atoms with Gasteiger partial charge in [-0.15, -0.1) is 11.3 Å². The highest BCUT2D eigenvalue weighted by molar-refractivity contribution is 9.10. The van der Waals surface area contributed by atoms with Crippen molar-refractivity contribution in [2.45, 2.75) is 6.61 Å². The van der Waals surface area contributed by atoms with Crippen LogP contribution in [0.15, 0.2) is 52.3 Å². The summed E-state index contributed by atoms with van der Waals surface area (Å²) >= 11 is 4.88. The maximum atomic E-state index is 12.1. The summed E-state index contributed by atoms with van der Waals surface area (Å²) in [5.41, 5.74) is 7.35. The molecule has 0 aliphatic carbocycles. The minimum atomic E-state index is -0.548. The summed E-state index contributed by atoms with van der Waals surface area (Å²) in [7, 11) is 1.60. The van der Waals surface area contributed by atoms with Gasteiger partial charge < -0.3 is 15.2 Å². The topological polar surface area (TPSA) is 91.5 Å². The highest BCUT2D eigenvalue weighted by Crippen LogP contribution is 2.34. The largest absolute Gasteiger partial charge is 0.496 e. The maximum Gasteiger partial charge on any atom is 0.338 e. The van der Waals surface area contributed by atoms with E-state index in [1.807, 2.05) is 23.6 Å². The molecule has 1 heterocycles. The van der Waals surface area contributed by atoms with Crippen LogP contribution in [-0.4, -0.2) is 24.0 Å². The van der Waals surface area contributed by atoms with Gasteiger partial charge in [0.2, 0.25) is 5.91 Å². The number of hydrogen-bond donors (Lipinski definition) is 1. The van der Waals surface area contributed by atoms with Crippen LogP contribution in [0, 0.1) is 0 Å². The van der Waals surface area contributed by atoms with Gasteiger partial charge in [-0.2, -0.15) is 0 Å². The van der Waals surface area contributed by atoms with Gasteiger partial charge in [0, 0.05) is 15.4 Å². The zero-order valence-corrected chi connectivity index (χ0v) is 16.7. The number of esters is 1. The lowest BCUT2D eigenvalue weighted by atomic mass is 10.1. The Balaban J connectivity index is 1.68. The van der Waals surface area contributed by atoms with E-state index in [1.165, 1.54) is 35.6 Å². The first-order valence-electron chi connectivity index (χ1n) is 7.83. The molecule has 1 aromatic heterocycles. The summed E-state index contributed by atoms with van der Waals surface area (Å²) in [6, 6.07) is 11.6. The third-order valence-electron chi connectivity index (χ3n) is 3.70. The summed E-state index contributed by atoms with van der Waals surface area (Å²) in [5, 5.41) is 2.60. The maximum absolute atomic E-state index is 12.1. The lowest BCUT2D eigenvalue weighted by molar-refractivity contribution is 0.0468. The van der Waals surface area contributed by atoms with Crippen molar-refractivity contribution >= 4 is 39.1 Å². The molecule has 0 bridgehead atoms. The molecule has 27 heavy (non-hydrogen) atoms. The Morgan fingerprint density at radius 3 is 2.52 bits per heavy atom. The average Bonchev–Trinajstić information content (AvgIpc) is 3.15. The standard InChI is InChI=1S/C19H15BrN2O4S/c1-25-16-7-6-13(20)8-15(16)18-22-14(10-27-18)9-26-19(24)12-4-2-11(3-5-12)17(21)23/h2-8,10H,9H2,1H3,(H2,21,23). The number of halogens is 1. The molecule has 8 heteroatoms. The molecule has 0 atom stereocenters. The van der Waals surface area contributed by atoms with Gasteiger partial charge in [-0.3, -0.25) is 4.79 Å². The van der Waals surface area contributed by atoms with Gasteiger partial charge in [0.05, 0.1) is 23.9 Å². The van der Waals surface area contributed by atoms with Gasteiger partial charge in [0.1, 0.15) is 17.4 Å². The number of nitrogens with two attached hydrogens (primary N) is 1. The zero-order valence-electron chi connectivity index (χ0n) is 14.3. The SMILES string of the molecule is COc1ccc(Br)cc1-c1nc(COC(=O)c2ccc(C(N)=O)cc2)cs1. The number of aromatic nitrogens is 1. The van der Waals surface area contributed by atoms with E-state index in [-0.39, 0.29) is 6.61 Å². The van der Waals surface area contributed by atoms with E-state index in [1.54, 1.807) is 7.11 Å². The predicted octanol–water partition coefficient (Wildman–Crippen LogP) is 4.04. The summed E-state index contributed by atoms with van der Waals surface area (Å²) in [6.45, 7) is 0.0449. The lowest BCUT2D eigenvalue weighted by Crippen LogP contribution is -2.11. The molecule has 2 N–H and O–H groups in total. The molecule has 138 valence electrons. The molecule has 0 aliphatic heterocycles. The van der Waals surface area contributed by atoms with Crippen molar-refractivity contribution in [2.24, 2.45) is 5.73 Å². The van der Waals surface area contributed by atoms with Gasteiger partial charge in [-0.1, -0.05) is 15.9 Å². The first kappa shape index (κ1) is 19.1. The number of carbonyl (C=O) groups is 2. The normalized spacial score (nSPS) is 10.4. The van der Waals surface area contributed by atoms with E-state index >= 15 is 0 Å². The van der Waals surface area contributed by atoms with Crippen LogP contribution in [0.4, 0.5) is 0 Å². The fourth-order valence-electron chi connectivity index (χ4n) is 2.34. The summed E-state index contributed by atoms with van der Waals surface area (Å²) in [4.78, 5) is 27.7. The molecule has 0 radical (unpaired) electrons. The van der Waals surface area contributed by atoms with E-state index in [2.05, 4.69) is 20.9 Å². The van der Waals surface area contributed by atoms with Crippen LogP contribution in [0.3, 0.4) is 0 Å². The summed E-state index contributed by atoms with van der Waals surface area (Å²) in [5.74, 6) is -0.334. The molecule has 0 spiro atoms. The lowest BCUT2D eigenvalue weighted by Gasteiger charge is -2.06. The van der Waals surface area contributed by atoms with Crippen LogP contribution in [0.25, 0.3) is 10.6 Å². The number of nitrogens with zero attached hydrogens (tertiary/aromatic N) is 1. The molecular formula is C19H15BrN2O4S. The van der Waals surface area contributed by atoms with Crippen LogP contribution >= 0.6 is 27.3 Å². The van der Waals surface area contributed by atoms with E-state index in [0.717, 1.165) is 15.0 Å². The van der Waals surface area contributed by atoms with Crippen LogP contribution in [0.5, 0.6) is 5.75 Å². The molecule has 0 unspecified atom stereocenters. The Morgan fingerprint density at radius 1 is 1.15 bits per heavy atom. The van der Waals surface area contributed by atoms with Crippen molar-refractivity contribution in [3.8, 4) is 16.3 Å². The molecular weight excluding hydrogens is 432 g/mol. The number of thiazole rings is 1. The predicted molar refractivity (Wildman–Crippen MR) is 106 cm³/mol. The molecule has 0 saturated carbocycles. The Hall–Kier alpha value is -2.71. The molecule has 0 saturated heterocycles. The highest BCUT2D eigenvalue weighted by Gasteiger charge is 2.13. The molecule has 2 aromatic carbocycles. The molecule has 3 rings (SSSR count). The van der Waals surface area contributed by atoms with Crippen LogP contribution in [0.2, 0.25) is 0 Å². The van der Waals surface area contributed by atoms with Gasteiger partial charge in [0.25, 0.3) is 0 Å². The smallest absolute Gasteiger partial charge is 0.338 e. The van der Waals surface area contributed by atoms with Crippen molar-refractivity contribution in [2.75, 3.05) is 7.11 Å². The second-order valence-corrected chi connectivity index (χ2v) is 7.28. The Morgan fingerprint density at radius 2 is 1.85 bits per heavy atom. The monoisotopic (exact) mass is 446 g/mol. The van der Waals surface area contributed by atoms with Gasteiger partial charge in [-0.25, -0.2) is 9.78 Å². The molecule has 0 fully saturated rings. The van der Waals surface area contributed by atoms with Gasteiger partial charge >= 0.3 is 5.97 Å². The minimum absolute atomic E-state index is 0.0449. The fourth-order valence-corrected chi connectivity index (χ4v) is 3.52. The Labute approximate surface area is 168 Å². The third kappa shape index (κ3) is 4.53. The number of carbonyl (C=O) groups excluding carboxylic acids is 2. The van der Waals surface area contributed by atoms with E-state index in [4.69, 9.17) is 15.2 Å². The quantitative estimate of drug-likeness (QED) is 0.576. The fraction of sp³-hybridized carbons (Fsp3) is 0.105. The highest BCUT2D eigenvalue weighted by atomic mass is 79.9. The molecule has 6 nitrogen and oxygen atoms in total. The second-order valence-electron chi connectivity index (χ2n) is 5.51. The van der Waals surface area contributed by atoms with Crippen LogP contribution < -0.4 is 10.5 Å². The Kier molecular flexibility index (Phi) is 5.88. The minimum Gasteiger partial charge on any atom is -0.496 e. The summed E-state index contributed by atoms with van der Waals surface area (Å²) in [6.07, 6.45) is 0. The van der Waals surface area contributed by atoms with Gasteiger partial charge in [-0.05, 0) is 42.5 Å². The van der Waals surface area contributed by atoms with E-state index in [0.29, 0.717) is 22.6 Å². The number of hydrogen-bond acceptors (Lipinski definition) is 6. The van der Waals surface area contributed by atoms with E-state index in [9.17, 15) is 9.59 Å². The van der Waals surface area contributed by atoms with Crippen molar-refractivity contribution in [1.82, 2.24) is 4.98 Å². The molecule has 0 aliphatic rings. The first-order chi connectivity index (χ1) is 13.0.